The van der Waals surface area contributed by atoms with E-state index in [4.69, 9.17) is 0 Å². The van der Waals surface area contributed by atoms with Crippen molar-refractivity contribution in [1.29, 1.82) is 0 Å². The van der Waals surface area contributed by atoms with Gasteiger partial charge in [-0.05, 0) is 48.9 Å². The van der Waals surface area contributed by atoms with Gasteiger partial charge in [0.25, 0.3) is 5.91 Å². The number of hydrogen-bond acceptors (Lipinski definition) is 5. The van der Waals surface area contributed by atoms with Gasteiger partial charge >= 0.3 is 0 Å². The lowest BCUT2D eigenvalue weighted by atomic mass is 10.0. The Labute approximate surface area is 209 Å². The molecule has 1 fully saturated rings. The molecule has 0 atom stereocenters. The number of fused-ring (bicyclic) bond motifs is 1. The molecular weight excluding hydrogens is 454 g/mol. The fraction of sp³-hybridized carbons (Fsp3) is 0.250. The molecule has 1 aliphatic heterocycles. The summed E-state index contributed by atoms with van der Waals surface area (Å²) in [6, 6.07) is 20.3. The van der Waals surface area contributed by atoms with Gasteiger partial charge in [-0.2, -0.15) is 5.10 Å². The van der Waals surface area contributed by atoms with Crippen LogP contribution in [0.25, 0.3) is 10.9 Å². The Morgan fingerprint density at radius 1 is 0.861 bits per heavy atom. The van der Waals surface area contributed by atoms with E-state index in [2.05, 4.69) is 10.1 Å². The third kappa shape index (κ3) is 5.17. The molecule has 2 aromatic carbocycles. The highest BCUT2D eigenvalue weighted by molar-refractivity contribution is 5.96. The summed E-state index contributed by atoms with van der Waals surface area (Å²) < 4.78 is 1.64. The first kappa shape index (κ1) is 23.4. The van der Waals surface area contributed by atoms with Crippen molar-refractivity contribution in [3.8, 4) is 0 Å². The topological polar surface area (TPSA) is 88.4 Å². The molecule has 1 saturated heterocycles. The number of amides is 2. The van der Waals surface area contributed by atoms with E-state index in [1.165, 1.54) is 0 Å². The van der Waals surface area contributed by atoms with Crippen LogP contribution in [0, 0.1) is 6.92 Å². The standard InChI is InChI=1S/C28H27N5O3/c1-20-6-5-9-25(29-20)26(34)17-21-10-11-24-23(16-21)18-33(30-24)19-27(35)31-12-14-32(15-13-31)28(36)22-7-3-2-4-8-22/h2-11,16,18H,12-15,17,19H2,1H3. The number of carbonyl (C=O) groups is 3. The first-order valence-electron chi connectivity index (χ1n) is 12.0. The molecule has 0 aliphatic carbocycles. The van der Waals surface area contributed by atoms with Gasteiger partial charge in [0.2, 0.25) is 5.91 Å². The monoisotopic (exact) mass is 481 g/mol. The Kier molecular flexibility index (Phi) is 6.58. The third-order valence-corrected chi connectivity index (χ3v) is 6.39. The lowest BCUT2D eigenvalue weighted by Crippen LogP contribution is -2.51. The normalized spacial score (nSPS) is 13.7. The van der Waals surface area contributed by atoms with Crippen LogP contribution in [-0.4, -0.2) is 68.3 Å². The van der Waals surface area contributed by atoms with E-state index < -0.39 is 0 Å². The fourth-order valence-corrected chi connectivity index (χ4v) is 4.45. The van der Waals surface area contributed by atoms with Crippen molar-refractivity contribution < 1.29 is 14.4 Å². The van der Waals surface area contributed by atoms with Gasteiger partial charge in [0.05, 0.1) is 5.52 Å². The van der Waals surface area contributed by atoms with Crippen molar-refractivity contribution in [2.24, 2.45) is 0 Å². The molecule has 8 heteroatoms. The molecule has 2 amide bonds. The Balaban J connectivity index is 1.19. The van der Waals surface area contributed by atoms with Crippen molar-refractivity contribution in [3.05, 3.63) is 95.4 Å². The van der Waals surface area contributed by atoms with Crippen molar-refractivity contribution in [2.75, 3.05) is 26.2 Å². The predicted octanol–water partition coefficient (Wildman–Crippen LogP) is 3.15. The average molecular weight is 482 g/mol. The molecule has 2 aromatic heterocycles. The molecule has 0 saturated carbocycles. The Hall–Kier alpha value is -4.33. The number of ketones is 1. The van der Waals surface area contributed by atoms with Gasteiger partial charge in [-0.15, -0.1) is 0 Å². The largest absolute Gasteiger partial charge is 0.338 e. The number of benzene rings is 2. The summed E-state index contributed by atoms with van der Waals surface area (Å²) in [4.78, 5) is 46.0. The molecule has 182 valence electrons. The van der Waals surface area contributed by atoms with Gasteiger partial charge in [-0.25, -0.2) is 0 Å². The number of aryl methyl sites for hydroxylation is 1. The number of nitrogens with zero attached hydrogens (tertiary/aromatic N) is 5. The minimum absolute atomic E-state index is 0.00603. The van der Waals surface area contributed by atoms with Crippen LogP contribution in [0.2, 0.25) is 0 Å². The van der Waals surface area contributed by atoms with Crippen molar-refractivity contribution >= 4 is 28.5 Å². The summed E-state index contributed by atoms with van der Waals surface area (Å²) in [6.07, 6.45) is 2.09. The molecule has 5 rings (SSSR count). The fourth-order valence-electron chi connectivity index (χ4n) is 4.45. The predicted molar refractivity (Wildman–Crippen MR) is 136 cm³/mol. The van der Waals surface area contributed by atoms with Crippen LogP contribution < -0.4 is 0 Å². The van der Waals surface area contributed by atoms with Gasteiger partial charge in [0.1, 0.15) is 12.2 Å². The maximum atomic E-state index is 12.9. The van der Waals surface area contributed by atoms with E-state index in [1.54, 1.807) is 20.5 Å². The second-order valence-corrected chi connectivity index (χ2v) is 9.02. The summed E-state index contributed by atoms with van der Waals surface area (Å²) >= 11 is 0. The highest BCUT2D eigenvalue weighted by Crippen LogP contribution is 2.17. The third-order valence-electron chi connectivity index (χ3n) is 6.39. The number of aromatic nitrogens is 3. The van der Waals surface area contributed by atoms with E-state index in [1.807, 2.05) is 73.8 Å². The lowest BCUT2D eigenvalue weighted by molar-refractivity contribution is -0.133. The minimum Gasteiger partial charge on any atom is -0.338 e. The second-order valence-electron chi connectivity index (χ2n) is 9.02. The average Bonchev–Trinajstić information content (AvgIpc) is 3.30. The molecule has 3 heterocycles. The van der Waals surface area contributed by atoms with Gasteiger partial charge in [-0.3, -0.25) is 24.0 Å². The number of piperazine rings is 1. The smallest absolute Gasteiger partial charge is 0.253 e. The number of Topliss-reactive ketones (excluding diaryl/α,β-unsaturated/α-hetero) is 1. The molecule has 8 nitrogen and oxygen atoms in total. The molecular formula is C28H27N5O3. The Morgan fingerprint density at radius 2 is 1.61 bits per heavy atom. The first-order chi connectivity index (χ1) is 17.5. The van der Waals surface area contributed by atoms with Crippen LogP contribution in [0.1, 0.15) is 32.1 Å². The summed E-state index contributed by atoms with van der Waals surface area (Å²) in [5, 5.41) is 5.41. The lowest BCUT2D eigenvalue weighted by Gasteiger charge is -2.34. The van der Waals surface area contributed by atoms with E-state index in [9.17, 15) is 14.4 Å². The number of pyridine rings is 1. The zero-order valence-electron chi connectivity index (χ0n) is 20.1. The van der Waals surface area contributed by atoms with E-state index in [0.29, 0.717) is 37.4 Å². The Bertz CT molecular complexity index is 1420. The molecule has 0 bridgehead atoms. The van der Waals surface area contributed by atoms with Crippen LogP contribution in [0.5, 0.6) is 0 Å². The summed E-state index contributed by atoms with van der Waals surface area (Å²) in [5.41, 5.74) is 3.58. The zero-order chi connectivity index (χ0) is 25.1. The molecule has 0 spiro atoms. The number of hydrogen-bond donors (Lipinski definition) is 0. The van der Waals surface area contributed by atoms with Gasteiger partial charge in [-0.1, -0.05) is 30.3 Å². The zero-order valence-corrected chi connectivity index (χ0v) is 20.1. The summed E-state index contributed by atoms with van der Waals surface area (Å²) in [6.45, 7) is 4.00. The van der Waals surface area contributed by atoms with E-state index in [0.717, 1.165) is 22.2 Å². The first-order valence-corrected chi connectivity index (χ1v) is 12.0. The van der Waals surface area contributed by atoms with Crippen LogP contribution in [-0.2, 0) is 17.8 Å². The van der Waals surface area contributed by atoms with Crippen LogP contribution in [0.4, 0.5) is 0 Å². The quantitative estimate of drug-likeness (QED) is 0.395. The van der Waals surface area contributed by atoms with Crippen LogP contribution in [0.15, 0.2) is 72.9 Å². The van der Waals surface area contributed by atoms with Crippen molar-refractivity contribution in [1.82, 2.24) is 24.6 Å². The van der Waals surface area contributed by atoms with Crippen LogP contribution >= 0.6 is 0 Å². The molecule has 0 unspecified atom stereocenters. The summed E-state index contributed by atoms with van der Waals surface area (Å²) in [7, 11) is 0. The van der Waals surface area contributed by atoms with Gasteiger partial charge in [0.15, 0.2) is 5.78 Å². The second kappa shape index (κ2) is 10.1. The van der Waals surface area contributed by atoms with Crippen molar-refractivity contribution in [3.63, 3.8) is 0 Å². The Morgan fingerprint density at radius 3 is 2.36 bits per heavy atom. The van der Waals surface area contributed by atoms with Gasteiger partial charge < -0.3 is 9.80 Å². The van der Waals surface area contributed by atoms with Crippen molar-refractivity contribution in [2.45, 2.75) is 19.9 Å². The van der Waals surface area contributed by atoms with E-state index in [-0.39, 0.29) is 30.6 Å². The maximum Gasteiger partial charge on any atom is 0.253 e. The van der Waals surface area contributed by atoms with Crippen LogP contribution in [0.3, 0.4) is 0 Å². The molecule has 0 N–H and O–H groups in total. The molecule has 1 aliphatic rings. The summed E-state index contributed by atoms with van der Waals surface area (Å²) in [5.74, 6) is -0.0745. The highest BCUT2D eigenvalue weighted by Gasteiger charge is 2.25. The molecule has 0 radical (unpaired) electrons. The highest BCUT2D eigenvalue weighted by atomic mass is 16.2. The number of carbonyl (C=O) groups excluding carboxylic acids is 3. The molecule has 36 heavy (non-hydrogen) atoms. The minimum atomic E-state index is -0.0366. The number of rotatable bonds is 6. The van der Waals surface area contributed by atoms with E-state index >= 15 is 0 Å². The van der Waals surface area contributed by atoms with Gasteiger partial charge in [0, 0.05) is 55.4 Å². The SMILES string of the molecule is Cc1cccc(C(=O)Cc2ccc3nn(CC(=O)N4CCN(C(=O)c5ccccc5)CC4)cc3c2)n1. The molecule has 4 aromatic rings. The maximum absolute atomic E-state index is 12.9.